The number of aliphatic hydroxyl groups is 1. The molecule has 0 aromatic carbocycles. The minimum absolute atomic E-state index is 0.0164. The van der Waals surface area contributed by atoms with Crippen molar-refractivity contribution in [2.75, 3.05) is 0 Å². The van der Waals surface area contributed by atoms with Gasteiger partial charge in [-0.3, -0.25) is 4.98 Å². The molecule has 0 bridgehead atoms. The summed E-state index contributed by atoms with van der Waals surface area (Å²) < 4.78 is 1.92. The van der Waals surface area contributed by atoms with Crippen LogP contribution in [-0.2, 0) is 6.61 Å². The molecule has 0 unspecified atom stereocenters. The van der Waals surface area contributed by atoms with Crippen LogP contribution in [0.2, 0.25) is 0 Å². The third-order valence-corrected chi connectivity index (χ3v) is 2.31. The molecule has 0 atom stereocenters. The first-order valence-corrected chi connectivity index (χ1v) is 4.52. The zero-order valence-electron chi connectivity index (χ0n) is 5.01. The van der Waals surface area contributed by atoms with Crippen LogP contribution in [0.4, 0.5) is 0 Å². The zero-order chi connectivity index (χ0) is 7.56. The highest BCUT2D eigenvalue weighted by Crippen LogP contribution is 2.16. The monoisotopic (exact) mass is 313 g/mol. The summed E-state index contributed by atoms with van der Waals surface area (Å²) in [6.07, 6.45) is 1.72. The van der Waals surface area contributed by atoms with Crippen LogP contribution in [0.1, 0.15) is 5.69 Å². The van der Waals surface area contributed by atoms with Gasteiger partial charge >= 0.3 is 0 Å². The highest BCUT2D eigenvalue weighted by Gasteiger charge is 1.98. The number of hydrogen-bond acceptors (Lipinski definition) is 2. The van der Waals surface area contributed by atoms with Gasteiger partial charge in [-0.2, -0.15) is 0 Å². The van der Waals surface area contributed by atoms with Crippen molar-refractivity contribution in [3.8, 4) is 0 Å². The maximum absolute atomic E-state index is 8.71. The SMILES string of the molecule is OCc1ncc(I)cc1Br. The Labute approximate surface area is 80.9 Å². The third kappa shape index (κ3) is 1.90. The summed E-state index contributed by atoms with van der Waals surface area (Å²) in [5.74, 6) is 0. The summed E-state index contributed by atoms with van der Waals surface area (Å²) in [5.41, 5.74) is 0.681. The second-order valence-electron chi connectivity index (χ2n) is 1.74. The fraction of sp³-hybridized carbons (Fsp3) is 0.167. The smallest absolute Gasteiger partial charge is 0.0864 e. The molecule has 1 N–H and O–H groups in total. The lowest BCUT2D eigenvalue weighted by molar-refractivity contribution is 0.276. The van der Waals surface area contributed by atoms with Gasteiger partial charge in [0.15, 0.2) is 0 Å². The van der Waals surface area contributed by atoms with Gasteiger partial charge < -0.3 is 5.11 Å². The molecule has 0 saturated carbocycles. The summed E-state index contributed by atoms with van der Waals surface area (Å²) in [5, 5.41) is 8.71. The zero-order valence-corrected chi connectivity index (χ0v) is 8.76. The first kappa shape index (κ1) is 8.42. The van der Waals surface area contributed by atoms with Crippen LogP contribution in [0, 0.1) is 3.57 Å². The molecule has 0 aliphatic heterocycles. The number of hydrogen-bond donors (Lipinski definition) is 1. The van der Waals surface area contributed by atoms with Crippen LogP contribution >= 0.6 is 38.5 Å². The van der Waals surface area contributed by atoms with Gasteiger partial charge in [-0.25, -0.2) is 0 Å². The topological polar surface area (TPSA) is 33.1 Å². The maximum atomic E-state index is 8.71. The van der Waals surface area contributed by atoms with Crippen LogP contribution in [-0.4, -0.2) is 10.1 Å². The molecule has 1 aromatic rings. The summed E-state index contributed by atoms with van der Waals surface area (Å²) in [6, 6.07) is 1.92. The first-order valence-electron chi connectivity index (χ1n) is 2.65. The van der Waals surface area contributed by atoms with E-state index in [1.165, 1.54) is 0 Å². The number of aromatic nitrogens is 1. The molecule has 10 heavy (non-hydrogen) atoms. The van der Waals surface area contributed by atoms with Crippen molar-refractivity contribution < 1.29 is 5.11 Å². The lowest BCUT2D eigenvalue weighted by Crippen LogP contribution is -1.90. The summed E-state index contributed by atoms with van der Waals surface area (Å²) >= 11 is 5.44. The molecular formula is C6H5BrINO. The minimum atomic E-state index is -0.0164. The van der Waals surface area contributed by atoms with E-state index in [4.69, 9.17) is 5.11 Å². The molecule has 0 spiro atoms. The van der Waals surface area contributed by atoms with Gasteiger partial charge in [0.1, 0.15) is 0 Å². The fourth-order valence-electron chi connectivity index (χ4n) is 0.559. The number of aliphatic hydroxyl groups excluding tert-OH is 1. The molecule has 54 valence electrons. The van der Waals surface area contributed by atoms with E-state index < -0.39 is 0 Å². The molecule has 0 fully saturated rings. The van der Waals surface area contributed by atoms with Crippen LogP contribution in [0.25, 0.3) is 0 Å². The first-order chi connectivity index (χ1) is 4.74. The van der Waals surface area contributed by atoms with E-state index >= 15 is 0 Å². The second kappa shape index (κ2) is 3.64. The van der Waals surface area contributed by atoms with Crippen LogP contribution in [0.5, 0.6) is 0 Å². The molecule has 0 amide bonds. The van der Waals surface area contributed by atoms with Crippen molar-refractivity contribution in [2.24, 2.45) is 0 Å². The van der Waals surface area contributed by atoms with Crippen LogP contribution in [0.15, 0.2) is 16.7 Å². The van der Waals surface area contributed by atoms with Crippen molar-refractivity contribution in [3.05, 3.63) is 26.0 Å². The summed E-state index contributed by atoms with van der Waals surface area (Å²) in [4.78, 5) is 3.99. The average molecular weight is 314 g/mol. The van der Waals surface area contributed by atoms with Crippen molar-refractivity contribution >= 4 is 38.5 Å². The Morgan fingerprint density at radius 1 is 1.70 bits per heavy atom. The summed E-state index contributed by atoms with van der Waals surface area (Å²) in [7, 11) is 0. The molecule has 1 heterocycles. The van der Waals surface area contributed by atoms with Gasteiger partial charge in [0.25, 0.3) is 0 Å². The molecule has 0 aliphatic rings. The van der Waals surface area contributed by atoms with Crippen molar-refractivity contribution in [2.45, 2.75) is 6.61 Å². The normalized spacial score (nSPS) is 9.90. The van der Waals surface area contributed by atoms with Crippen LogP contribution in [0.3, 0.4) is 0 Å². The van der Waals surface area contributed by atoms with E-state index in [9.17, 15) is 0 Å². The Kier molecular flexibility index (Phi) is 3.06. The third-order valence-electron chi connectivity index (χ3n) is 1.03. The second-order valence-corrected chi connectivity index (χ2v) is 3.84. The predicted molar refractivity (Wildman–Crippen MR) is 50.6 cm³/mol. The maximum Gasteiger partial charge on any atom is 0.0864 e. The molecule has 0 saturated heterocycles. The lowest BCUT2D eigenvalue weighted by atomic mass is 10.4. The number of halogens is 2. The standard InChI is InChI=1S/C6H5BrINO/c7-5-1-4(8)2-9-6(5)3-10/h1-2,10H,3H2. The van der Waals surface area contributed by atoms with Gasteiger partial charge in [-0.1, -0.05) is 0 Å². The average Bonchev–Trinajstić information content (AvgIpc) is 1.88. The highest BCUT2D eigenvalue weighted by molar-refractivity contribution is 14.1. The largest absolute Gasteiger partial charge is 0.390 e. The van der Waals surface area contributed by atoms with E-state index in [1.54, 1.807) is 6.20 Å². The molecular weight excluding hydrogens is 309 g/mol. The Bertz CT molecular complexity index is 241. The number of rotatable bonds is 1. The van der Waals surface area contributed by atoms with E-state index in [0.717, 1.165) is 8.04 Å². The summed E-state index contributed by atoms with van der Waals surface area (Å²) in [6.45, 7) is -0.0164. The van der Waals surface area contributed by atoms with E-state index in [1.807, 2.05) is 6.07 Å². The molecule has 1 rings (SSSR count). The highest BCUT2D eigenvalue weighted by atomic mass is 127. The lowest BCUT2D eigenvalue weighted by Gasteiger charge is -1.97. The Hall–Kier alpha value is 0.320. The van der Waals surface area contributed by atoms with Gasteiger partial charge in [0.2, 0.25) is 0 Å². The van der Waals surface area contributed by atoms with Gasteiger partial charge in [-0.05, 0) is 44.6 Å². The van der Waals surface area contributed by atoms with Gasteiger partial charge in [0.05, 0.1) is 12.3 Å². The molecule has 0 aliphatic carbocycles. The minimum Gasteiger partial charge on any atom is -0.390 e. The Balaban J connectivity index is 3.07. The molecule has 2 nitrogen and oxygen atoms in total. The van der Waals surface area contributed by atoms with E-state index in [-0.39, 0.29) is 6.61 Å². The van der Waals surface area contributed by atoms with Crippen LogP contribution < -0.4 is 0 Å². The van der Waals surface area contributed by atoms with Crippen molar-refractivity contribution in [1.29, 1.82) is 0 Å². The van der Waals surface area contributed by atoms with Crippen molar-refractivity contribution in [3.63, 3.8) is 0 Å². The van der Waals surface area contributed by atoms with E-state index in [2.05, 4.69) is 43.5 Å². The van der Waals surface area contributed by atoms with Crippen molar-refractivity contribution in [1.82, 2.24) is 4.98 Å². The number of pyridine rings is 1. The van der Waals surface area contributed by atoms with E-state index in [0.29, 0.717) is 5.69 Å². The van der Waals surface area contributed by atoms with Gasteiger partial charge in [-0.15, -0.1) is 0 Å². The molecule has 0 radical (unpaired) electrons. The molecule has 4 heteroatoms. The fourth-order valence-corrected chi connectivity index (χ4v) is 1.91. The molecule has 1 aromatic heterocycles. The predicted octanol–water partition coefficient (Wildman–Crippen LogP) is 1.94. The quantitative estimate of drug-likeness (QED) is 0.804. The Morgan fingerprint density at radius 3 is 2.90 bits per heavy atom. The Morgan fingerprint density at radius 2 is 2.40 bits per heavy atom. The van der Waals surface area contributed by atoms with Gasteiger partial charge in [0, 0.05) is 14.2 Å². The number of nitrogens with zero attached hydrogens (tertiary/aromatic N) is 1.